The van der Waals surface area contributed by atoms with Gasteiger partial charge in [0.2, 0.25) is 5.89 Å². The normalized spacial score (nSPS) is 11.7. The fourth-order valence-corrected chi connectivity index (χ4v) is 3.58. The van der Waals surface area contributed by atoms with Crippen LogP contribution in [0.2, 0.25) is 0 Å². The summed E-state index contributed by atoms with van der Waals surface area (Å²) in [7, 11) is 1.54. The van der Waals surface area contributed by atoms with E-state index in [-0.39, 0.29) is 10.1 Å². The second kappa shape index (κ2) is 5.01. The lowest BCUT2D eigenvalue weighted by molar-refractivity contribution is 0.586. The quantitative estimate of drug-likeness (QED) is 0.690. The molecule has 3 rings (SSSR count). The molecule has 0 aliphatic carbocycles. The highest BCUT2D eigenvalue weighted by Gasteiger charge is 2.17. The molecule has 0 fully saturated rings. The molecule has 0 unspecified atom stereocenters. The zero-order valence-corrected chi connectivity index (χ0v) is 12.2. The van der Waals surface area contributed by atoms with Crippen molar-refractivity contribution < 1.29 is 12.8 Å². The molecule has 0 radical (unpaired) electrons. The van der Waals surface area contributed by atoms with Crippen molar-refractivity contribution in [3.63, 3.8) is 0 Å². The first kappa shape index (κ1) is 13.3. The summed E-state index contributed by atoms with van der Waals surface area (Å²) in [6.45, 7) is 0. The molecule has 0 amide bonds. The molecule has 0 N–H and O–H groups in total. The molecule has 8 heteroatoms. The SMILES string of the molecule is O=S(=O)(Cl)c1ccc(-c2nnc(-c3ccccc3)o2)s1. The largest absolute Gasteiger partial charge is 0.415 e. The van der Waals surface area contributed by atoms with Crippen molar-refractivity contribution in [2.75, 3.05) is 0 Å². The number of thiophene rings is 1. The molecule has 2 heterocycles. The maximum atomic E-state index is 11.2. The zero-order chi connectivity index (χ0) is 14.2. The predicted molar refractivity (Wildman–Crippen MR) is 76.1 cm³/mol. The van der Waals surface area contributed by atoms with Crippen LogP contribution in [0.1, 0.15) is 0 Å². The first-order valence-electron chi connectivity index (χ1n) is 5.48. The molecule has 0 bridgehead atoms. The highest BCUT2D eigenvalue weighted by atomic mass is 35.7. The van der Waals surface area contributed by atoms with Crippen molar-refractivity contribution in [2.45, 2.75) is 4.21 Å². The van der Waals surface area contributed by atoms with Gasteiger partial charge in [-0.15, -0.1) is 21.5 Å². The van der Waals surface area contributed by atoms with E-state index in [1.54, 1.807) is 6.07 Å². The van der Waals surface area contributed by atoms with Crippen molar-refractivity contribution in [3.05, 3.63) is 42.5 Å². The second-order valence-corrected chi connectivity index (χ2v) is 7.71. The standard InChI is InChI=1S/C12H7ClN2O3S2/c13-20(16,17)10-7-6-9(19-10)12-15-14-11(18-12)8-4-2-1-3-5-8/h1-7H. The number of hydrogen-bond donors (Lipinski definition) is 0. The third kappa shape index (κ3) is 2.60. The van der Waals surface area contributed by atoms with Gasteiger partial charge in [0.1, 0.15) is 4.21 Å². The Morgan fingerprint density at radius 3 is 2.35 bits per heavy atom. The molecular weight excluding hydrogens is 320 g/mol. The van der Waals surface area contributed by atoms with Crippen LogP contribution in [-0.4, -0.2) is 18.6 Å². The summed E-state index contributed by atoms with van der Waals surface area (Å²) < 4.78 is 28.0. The van der Waals surface area contributed by atoms with Gasteiger partial charge in [0.25, 0.3) is 14.9 Å². The fraction of sp³-hybridized carbons (Fsp3) is 0. The molecule has 0 spiro atoms. The van der Waals surface area contributed by atoms with Crippen LogP contribution in [-0.2, 0) is 9.05 Å². The summed E-state index contributed by atoms with van der Waals surface area (Å²) in [5.74, 6) is 0.643. The average Bonchev–Trinajstić information content (AvgIpc) is 3.08. The van der Waals surface area contributed by atoms with Gasteiger partial charge in [-0.2, -0.15) is 0 Å². The molecule has 2 aromatic heterocycles. The van der Waals surface area contributed by atoms with Crippen molar-refractivity contribution in [1.82, 2.24) is 10.2 Å². The first-order valence-corrected chi connectivity index (χ1v) is 8.60. The fourth-order valence-electron chi connectivity index (χ4n) is 1.59. The van der Waals surface area contributed by atoms with Crippen molar-refractivity contribution in [2.24, 2.45) is 0 Å². The summed E-state index contributed by atoms with van der Waals surface area (Å²) in [5, 5.41) is 7.86. The van der Waals surface area contributed by atoms with Gasteiger partial charge < -0.3 is 4.42 Å². The van der Waals surface area contributed by atoms with Crippen LogP contribution in [0.25, 0.3) is 22.2 Å². The smallest absolute Gasteiger partial charge is 0.270 e. The van der Waals surface area contributed by atoms with E-state index in [4.69, 9.17) is 15.1 Å². The van der Waals surface area contributed by atoms with Gasteiger partial charge in [-0.25, -0.2) is 8.42 Å². The van der Waals surface area contributed by atoms with E-state index >= 15 is 0 Å². The lowest BCUT2D eigenvalue weighted by Gasteiger charge is -1.91. The van der Waals surface area contributed by atoms with Gasteiger partial charge in [-0.1, -0.05) is 18.2 Å². The maximum absolute atomic E-state index is 11.2. The van der Waals surface area contributed by atoms with Crippen molar-refractivity contribution in [1.29, 1.82) is 0 Å². The van der Waals surface area contributed by atoms with E-state index in [1.807, 2.05) is 30.3 Å². The Balaban J connectivity index is 1.97. The number of rotatable bonds is 3. The van der Waals surface area contributed by atoms with Crippen LogP contribution in [0, 0.1) is 0 Å². The van der Waals surface area contributed by atoms with Crippen LogP contribution < -0.4 is 0 Å². The molecular formula is C12H7ClN2O3S2. The lowest BCUT2D eigenvalue weighted by atomic mass is 10.2. The summed E-state index contributed by atoms with van der Waals surface area (Å²) in [6.07, 6.45) is 0. The Bertz CT molecular complexity index is 840. The van der Waals surface area contributed by atoms with Crippen LogP contribution in [0.15, 0.2) is 51.1 Å². The number of benzene rings is 1. The molecule has 0 aliphatic rings. The summed E-state index contributed by atoms with van der Waals surface area (Å²) in [4.78, 5) is 0.555. The van der Waals surface area contributed by atoms with Gasteiger partial charge in [-0.05, 0) is 24.3 Å². The number of nitrogens with zero attached hydrogens (tertiary/aromatic N) is 2. The van der Waals surface area contributed by atoms with E-state index in [9.17, 15) is 8.42 Å². The van der Waals surface area contributed by atoms with E-state index in [0.717, 1.165) is 16.9 Å². The Hall–Kier alpha value is -1.70. The van der Waals surface area contributed by atoms with Gasteiger partial charge in [0.15, 0.2) is 0 Å². The first-order chi connectivity index (χ1) is 9.54. The van der Waals surface area contributed by atoms with Gasteiger partial charge >= 0.3 is 0 Å². The number of halogens is 1. The molecule has 5 nitrogen and oxygen atoms in total. The highest BCUT2D eigenvalue weighted by molar-refractivity contribution is 8.15. The maximum Gasteiger partial charge on any atom is 0.270 e. The van der Waals surface area contributed by atoms with Gasteiger partial charge in [-0.3, -0.25) is 0 Å². The van der Waals surface area contributed by atoms with E-state index in [2.05, 4.69) is 10.2 Å². The average molecular weight is 327 g/mol. The topological polar surface area (TPSA) is 73.1 Å². The number of hydrogen-bond acceptors (Lipinski definition) is 6. The Kier molecular flexibility index (Phi) is 3.33. The van der Waals surface area contributed by atoms with Gasteiger partial charge in [0.05, 0.1) is 4.88 Å². The molecule has 102 valence electrons. The van der Waals surface area contributed by atoms with Crippen LogP contribution >= 0.6 is 22.0 Å². The van der Waals surface area contributed by atoms with Crippen LogP contribution in [0.4, 0.5) is 0 Å². The zero-order valence-electron chi connectivity index (χ0n) is 9.86. The molecule has 0 saturated heterocycles. The monoisotopic (exact) mass is 326 g/mol. The van der Waals surface area contributed by atoms with E-state index in [1.165, 1.54) is 6.07 Å². The summed E-state index contributed by atoms with van der Waals surface area (Å²) >= 11 is 0.985. The Labute approximate surface area is 123 Å². The summed E-state index contributed by atoms with van der Waals surface area (Å²) in [5.41, 5.74) is 0.799. The molecule has 0 saturated carbocycles. The minimum absolute atomic E-state index is 0.0497. The van der Waals surface area contributed by atoms with E-state index in [0.29, 0.717) is 10.8 Å². The third-order valence-electron chi connectivity index (χ3n) is 2.48. The molecule has 20 heavy (non-hydrogen) atoms. The Morgan fingerprint density at radius 2 is 1.70 bits per heavy atom. The van der Waals surface area contributed by atoms with Crippen molar-refractivity contribution in [3.8, 4) is 22.2 Å². The lowest BCUT2D eigenvalue weighted by Crippen LogP contribution is -1.83. The van der Waals surface area contributed by atoms with Gasteiger partial charge in [0, 0.05) is 16.2 Å². The van der Waals surface area contributed by atoms with Crippen LogP contribution in [0.3, 0.4) is 0 Å². The summed E-state index contributed by atoms with van der Waals surface area (Å²) in [6, 6.07) is 12.3. The number of aromatic nitrogens is 2. The van der Waals surface area contributed by atoms with Crippen LogP contribution in [0.5, 0.6) is 0 Å². The van der Waals surface area contributed by atoms with Crippen molar-refractivity contribution >= 4 is 31.1 Å². The molecule has 0 atom stereocenters. The Morgan fingerprint density at radius 1 is 1.00 bits per heavy atom. The second-order valence-electron chi connectivity index (χ2n) is 3.83. The molecule has 3 aromatic rings. The van der Waals surface area contributed by atoms with E-state index < -0.39 is 9.05 Å². The predicted octanol–water partition coefficient (Wildman–Crippen LogP) is 3.39. The minimum atomic E-state index is -3.73. The highest BCUT2D eigenvalue weighted by Crippen LogP contribution is 2.32. The minimum Gasteiger partial charge on any atom is -0.415 e. The third-order valence-corrected chi connectivity index (χ3v) is 5.64. The molecule has 1 aromatic carbocycles. The molecule has 0 aliphatic heterocycles.